The minimum absolute atomic E-state index is 0.326. The van der Waals surface area contributed by atoms with Crippen LogP contribution < -0.4 is 5.32 Å². The van der Waals surface area contributed by atoms with E-state index in [4.69, 9.17) is 0 Å². The first kappa shape index (κ1) is 11.6. The summed E-state index contributed by atoms with van der Waals surface area (Å²) in [5.74, 6) is -0.418. The van der Waals surface area contributed by atoms with Crippen LogP contribution in [0.2, 0.25) is 0 Å². The Labute approximate surface area is 103 Å². The molecule has 1 N–H and O–H groups in total. The molecule has 1 heterocycles. The number of ether oxygens (including phenoxy) is 1. The van der Waals surface area contributed by atoms with E-state index in [1.807, 2.05) is 31.2 Å². The average Bonchev–Trinajstić information content (AvgIpc) is 2.80. The van der Waals surface area contributed by atoms with Crippen LogP contribution in [0.15, 0.2) is 29.6 Å². The van der Waals surface area contributed by atoms with Crippen LogP contribution in [0, 0.1) is 6.92 Å². The van der Waals surface area contributed by atoms with Gasteiger partial charge in [-0.3, -0.25) is 0 Å². The van der Waals surface area contributed by atoms with Gasteiger partial charge in [0.25, 0.3) is 0 Å². The molecule has 2 aromatic rings. The monoisotopic (exact) mass is 248 g/mol. The normalized spacial score (nSPS) is 10.0. The number of hydrogen-bond acceptors (Lipinski definition) is 5. The van der Waals surface area contributed by atoms with E-state index in [0.29, 0.717) is 10.8 Å². The van der Waals surface area contributed by atoms with Crippen LogP contribution in [0.1, 0.15) is 16.1 Å². The number of nitrogens with one attached hydrogen (secondary N) is 1. The zero-order valence-corrected chi connectivity index (χ0v) is 10.4. The number of aryl methyl sites for hydroxylation is 1. The van der Waals surface area contributed by atoms with Crippen LogP contribution >= 0.6 is 11.3 Å². The van der Waals surface area contributed by atoms with Crippen molar-refractivity contribution in [2.75, 3.05) is 12.4 Å². The first-order valence-electron chi connectivity index (χ1n) is 5.06. The van der Waals surface area contributed by atoms with E-state index in [2.05, 4.69) is 15.0 Å². The van der Waals surface area contributed by atoms with E-state index >= 15 is 0 Å². The van der Waals surface area contributed by atoms with Crippen molar-refractivity contribution in [1.29, 1.82) is 0 Å². The molecule has 88 valence electrons. The number of hydrogen-bond donors (Lipinski definition) is 1. The number of thiazole rings is 1. The van der Waals surface area contributed by atoms with Crippen LogP contribution in [0.5, 0.6) is 0 Å². The molecule has 0 atom stereocenters. The highest BCUT2D eigenvalue weighted by Gasteiger charge is 2.10. The number of anilines is 2. The molecular weight excluding hydrogens is 236 g/mol. The number of benzene rings is 1. The van der Waals surface area contributed by atoms with E-state index in [0.717, 1.165) is 5.69 Å². The molecular formula is C12H12N2O2S. The van der Waals surface area contributed by atoms with Gasteiger partial charge in [-0.05, 0) is 19.1 Å². The lowest BCUT2D eigenvalue weighted by atomic mass is 10.2. The van der Waals surface area contributed by atoms with Gasteiger partial charge in [0.2, 0.25) is 0 Å². The van der Waals surface area contributed by atoms with Crippen molar-refractivity contribution in [2.24, 2.45) is 0 Å². The lowest BCUT2D eigenvalue weighted by Crippen LogP contribution is -2.01. The third kappa shape index (κ3) is 2.82. The van der Waals surface area contributed by atoms with Crippen LogP contribution in [-0.2, 0) is 4.74 Å². The molecule has 1 aromatic carbocycles. The summed E-state index contributed by atoms with van der Waals surface area (Å²) in [5, 5.41) is 5.47. The molecule has 0 unspecified atom stereocenters. The smallest absolute Gasteiger partial charge is 0.357 e. The van der Waals surface area contributed by atoms with Crippen molar-refractivity contribution in [3.63, 3.8) is 0 Å². The predicted molar refractivity (Wildman–Crippen MR) is 67.9 cm³/mol. The minimum Gasteiger partial charge on any atom is -0.464 e. The summed E-state index contributed by atoms with van der Waals surface area (Å²) >= 11 is 1.37. The zero-order chi connectivity index (χ0) is 12.3. The Morgan fingerprint density at radius 2 is 2.06 bits per heavy atom. The van der Waals surface area contributed by atoms with Crippen LogP contribution in [0.25, 0.3) is 0 Å². The molecule has 1 aromatic heterocycles. The fourth-order valence-corrected chi connectivity index (χ4v) is 1.99. The number of aromatic nitrogens is 1. The van der Waals surface area contributed by atoms with Gasteiger partial charge in [-0.25, -0.2) is 9.78 Å². The summed E-state index contributed by atoms with van der Waals surface area (Å²) in [6, 6.07) is 7.96. The van der Waals surface area contributed by atoms with E-state index < -0.39 is 5.97 Å². The molecule has 0 aliphatic rings. The van der Waals surface area contributed by atoms with Gasteiger partial charge in [0.15, 0.2) is 10.8 Å². The molecule has 2 rings (SSSR count). The minimum atomic E-state index is -0.418. The maximum absolute atomic E-state index is 11.2. The van der Waals surface area contributed by atoms with Gasteiger partial charge in [-0.1, -0.05) is 17.7 Å². The molecule has 0 saturated heterocycles. The van der Waals surface area contributed by atoms with Crippen molar-refractivity contribution in [3.8, 4) is 0 Å². The molecule has 5 heteroatoms. The average molecular weight is 248 g/mol. The highest BCUT2D eigenvalue weighted by atomic mass is 32.1. The lowest BCUT2D eigenvalue weighted by molar-refractivity contribution is 0.0595. The fourth-order valence-electron chi connectivity index (χ4n) is 1.29. The summed E-state index contributed by atoms with van der Waals surface area (Å²) in [6.45, 7) is 2.03. The second-order valence-electron chi connectivity index (χ2n) is 3.52. The Bertz CT molecular complexity index is 520. The van der Waals surface area contributed by atoms with E-state index in [-0.39, 0.29) is 0 Å². The molecule has 0 aliphatic carbocycles. The number of carbonyl (C=O) groups is 1. The highest BCUT2D eigenvalue weighted by molar-refractivity contribution is 7.14. The summed E-state index contributed by atoms with van der Waals surface area (Å²) in [6.07, 6.45) is 0. The molecule has 0 amide bonds. The topological polar surface area (TPSA) is 51.2 Å². The molecule has 0 radical (unpaired) electrons. The van der Waals surface area contributed by atoms with Gasteiger partial charge in [-0.15, -0.1) is 11.3 Å². The van der Waals surface area contributed by atoms with Crippen molar-refractivity contribution in [1.82, 2.24) is 4.98 Å². The molecule has 4 nitrogen and oxygen atoms in total. The second kappa shape index (κ2) is 4.97. The Kier molecular flexibility index (Phi) is 3.39. The summed E-state index contributed by atoms with van der Waals surface area (Å²) in [5.41, 5.74) is 2.47. The Morgan fingerprint density at radius 1 is 1.35 bits per heavy atom. The lowest BCUT2D eigenvalue weighted by Gasteiger charge is -2.02. The zero-order valence-electron chi connectivity index (χ0n) is 9.56. The van der Waals surface area contributed by atoms with Crippen molar-refractivity contribution < 1.29 is 9.53 Å². The van der Waals surface area contributed by atoms with E-state index in [1.165, 1.54) is 24.0 Å². The standard InChI is InChI=1S/C12H12N2O2S/c1-8-3-5-9(6-4-8)13-12-14-10(7-17-12)11(15)16-2/h3-7H,1-2H3,(H,13,14). The number of rotatable bonds is 3. The largest absolute Gasteiger partial charge is 0.464 e. The molecule has 0 fully saturated rings. The van der Waals surface area contributed by atoms with Crippen LogP contribution in [-0.4, -0.2) is 18.1 Å². The van der Waals surface area contributed by atoms with Gasteiger partial charge < -0.3 is 10.1 Å². The predicted octanol–water partition coefficient (Wildman–Crippen LogP) is 2.98. The fraction of sp³-hybridized carbons (Fsp3) is 0.167. The quantitative estimate of drug-likeness (QED) is 0.848. The Hall–Kier alpha value is -1.88. The summed E-state index contributed by atoms with van der Waals surface area (Å²) < 4.78 is 4.59. The third-order valence-electron chi connectivity index (χ3n) is 2.20. The number of esters is 1. The van der Waals surface area contributed by atoms with Crippen molar-refractivity contribution >= 4 is 28.1 Å². The maximum Gasteiger partial charge on any atom is 0.357 e. The maximum atomic E-state index is 11.2. The number of carbonyl (C=O) groups excluding carboxylic acids is 1. The first-order valence-corrected chi connectivity index (χ1v) is 5.94. The molecule has 17 heavy (non-hydrogen) atoms. The molecule has 0 bridgehead atoms. The van der Waals surface area contributed by atoms with Gasteiger partial charge in [0.05, 0.1) is 7.11 Å². The number of nitrogens with zero attached hydrogens (tertiary/aromatic N) is 1. The third-order valence-corrected chi connectivity index (χ3v) is 2.96. The van der Waals surface area contributed by atoms with Crippen molar-refractivity contribution in [3.05, 3.63) is 40.9 Å². The summed E-state index contributed by atoms with van der Waals surface area (Å²) in [4.78, 5) is 15.3. The van der Waals surface area contributed by atoms with Gasteiger partial charge in [-0.2, -0.15) is 0 Å². The van der Waals surface area contributed by atoms with E-state index in [9.17, 15) is 4.79 Å². The highest BCUT2D eigenvalue weighted by Crippen LogP contribution is 2.21. The summed E-state index contributed by atoms with van der Waals surface area (Å²) in [7, 11) is 1.34. The van der Waals surface area contributed by atoms with Crippen LogP contribution in [0.4, 0.5) is 10.8 Å². The van der Waals surface area contributed by atoms with Gasteiger partial charge in [0.1, 0.15) is 0 Å². The molecule has 0 aliphatic heterocycles. The first-order chi connectivity index (χ1) is 8.19. The van der Waals surface area contributed by atoms with Gasteiger partial charge in [0, 0.05) is 11.1 Å². The second-order valence-corrected chi connectivity index (χ2v) is 4.38. The molecule has 0 saturated carbocycles. The van der Waals surface area contributed by atoms with Crippen molar-refractivity contribution in [2.45, 2.75) is 6.92 Å². The Balaban J connectivity index is 2.11. The molecule has 0 spiro atoms. The number of methoxy groups -OCH3 is 1. The van der Waals surface area contributed by atoms with Gasteiger partial charge >= 0.3 is 5.97 Å². The van der Waals surface area contributed by atoms with Crippen LogP contribution in [0.3, 0.4) is 0 Å². The Morgan fingerprint density at radius 3 is 2.71 bits per heavy atom. The SMILES string of the molecule is COC(=O)c1csc(Nc2ccc(C)cc2)n1. The van der Waals surface area contributed by atoms with E-state index in [1.54, 1.807) is 5.38 Å².